The molecule has 0 radical (unpaired) electrons. The molecule has 0 spiro atoms. The molecule has 0 saturated carbocycles. The van der Waals surface area contributed by atoms with Crippen LogP contribution in [-0.2, 0) is 4.79 Å². The molecule has 2 aromatic carbocycles. The molecule has 0 atom stereocenters. The number of rotatable bonds is 4. The van der Waals surface area contributed by atoms with Gasteiger partial charge >= 0.3 is 0 Å². The first kappa shape index (κ1) is 17.5. The molecule has 24 heavy (non-hydrogen) atoms. The number of carbonyl (C=O) groups excluding carboxylic acids is 2. The van der Waals surface area contributed by atoms with Crippen LogP contribution in [0.15, 0.2) is 36.4 Å². The molecule has 1 N–H and O–H groups in total. The zero-order valence-electron chi connectivity index (χ0n) is 12.4. The summed E-state index contributed by atoms with van der Waals surface area (Å²) in [7, 11) is 1.33. The van der Waals surface area contributed by atoms with E-state index < -0.39 is 47.2 Å². The van der Waals surface area contributed by atoms with Gasteiger partial charge in [0, 0.05) is 18.3 Å². The summed E-state index contributed by atoms with van der Waals surface area (Å²) in [4.78, 5) is 24.9. The van der Waals surface area contributed by atoms with Gasteiger partial charge in [-0.3, -0.25) is 14.5 Å². The van der Waals surface area contributed by atoms with E-state index in [1.165, 1.54) is 19.2 Å². The van der Waals surface area contributed by atoms with Crippen molar-refractivity contribution >= 4 is 17.5 Å². The molecule has 2 aromatic rings. The van der Waals surface area contributed by atoms with Gasteiger partial charge in [0.05, 0.1) is 0 Å². The number of nitrogens with zero attached hydrogens (tertiary/aromatic N) is 1. The van der Waals surface area contributed by atoms with Gasteiger partial charge in [-0.25, -0.2) is 17.6 Å². The van der Waals surface area contributed by atoms with Crippen molar-refractivity contribution in [3.8, 4) is 0 Å². The standard InChI is InChI=1S/C16H12F4N2O2/c1-21-14(23)8-22(11-4-2-3-10(17)7-11)16(24)9-5-12(18)15(20)13(19)6-9/h2-7H,8H2,1H3,(H,21,23). The first-order valence-corrected chi connectivity index (χ1v) is 6.76. The second-order valence-electron chi connectivity index (χ2n) is 4.80. The normalized spacial score (nSPS) is 10.4. The van der Waals surface area contributed by atoms with E-state index in [1.807, 2.05) is 0 Å². The minimum Gasteiger partial charge on any atom is -0.358 e. The summed E-state index contributed by atoms with van der Waals surface area (Å²) in [5.41, 5.74) is -0.506. The lowest BCUT2D eigenvalue weighted by Gasteiger charge is -2.22. The molecule has 2 rings (SSSR count). The Morgan fingerprint density at radius 1 is 1.04 bits per heavy atom. The maximum absolute atomic E-state index is 13.4. The van der Waals surface area contributed by atoms with Crippen LogP contribution >= 0.6 is 0 Å². The second-order valence-corrected chi connectivity index (χ2v) is 4.80. The summed E-state index contributed by atoms with van der Waals surface area (Å²) in [6.07, 6.45) is 0. The summed E-state index contributed by atoms with van der Waals surface area (Å²) in [5, 5.41) is 2.28. The molecular formula is C16H12F4N2O2. The smallest absolute Gasteiger partial charge is 0.258 e. The van der Waals surface area contributed by atoms with E-state index in [9.17, 15) is 27.2 Å². The van der Waals surface area contributed by atoms with Crippen LogP contribution in [0.2, 0.25) is 0 Å². The Morgan fingerprint density at radius 3 is 2.21 bits per heavy atom. The summed E-state index contributed by atoms with van der Waals surface area (Å²) in [6, 6.07) is 5.79. The number of nitrogens with one attached hydrogen (secondary N) is 1. The van der Waals surface area contributed by atoms with E-state index in [2.05, 4.69) is 5.32 Å². The Hall–Kier alpha value is -2.90. The lowest BCUT2D eigenvalue weighted by Crippen LogP contribution is -2.40. The number of hydrogen-bond acceptors (Lipinski definition) is 2. The van der Waals surface area contributed by atoms with E-state index in [0.717, 1.165) is 17.0 Å². The van der Waals surface area contributed by atoms with Gasteiger partial charge in [0.25, 0.3) is 5.91 Å². The zero-order chi connectivity index (χ0) is 17.9. The van der Waals surface area contributed by atoms with Gasteiger partial charge in [-0.1, -0.05) is 6.07 Å². The fraction of sp³-hybridized carbons (Fsp3) is 0.125. The third-order valence-electron chi connectivity index (χ3n) is 3.18. The summed E-state index contributed by atoms with van der Waals surface area (Å²) in [6.45, 7) is -0.514. The number of benzene rings is 2. The number of hydrogen-bond donors (Lipinski definition) is 1. The Morgan fingerprint density at radius 2 is 1.67 bits per heavy atom. The van der Waals surface area contributed by atoms with E-state index in [0.29, 0.717) is 12.1 Å². The van der Waals surface area contributed by atoms with Crippen LogP contribution in [0, 0.1) is 23.3 Å². The van der Waals surface area contributed by atoms with E-state index in [-0.39, 0.29) is 5.69 Å². The molecule has 0 saturated heterocycles. The summed E-state index contributed by atoms with van der Waals surface area (Å²) >= 11 is 0. The van der Waals surface area contributed by atoms with E-state index in [4.69, 9.17) is 0 Å². The highest BCUT2D eigenvalue weighted by Crippen LogP contribution is 2.20. The lowest BCUT2D eigenvalue weighted by atomic mass is 10.1. The van der Waals surface area contributed by atoms with Gasteiger partial charge in [0.1, 0.15) is 12.4 Å². The number of carbonyl (C=O) groups is 2. The molecule has 126 valence electrons. The van der Waals surface area contributed by atoms with E-state index in [1.54, 1.807) is 0 Å². The first-order chi connectivity index (χ1) is 11.3. The maximum atomic E-state index is 13.4. The zero-order valence-corrected chi connectivity index (χ0v) is 12.4. The highest BCUT2D eigenvalue weighted by molar-refractivity contribution is 6.08. The Kier molecular flexibility index (Phi) is 5.18. The molecule has 0 fully saturated rings. The Labute approximate surface area is 134 Å². The van der Waals surface area contributed by atoms with Gasteiger partial charge in [-0.2, -0.15) is 0 Å². The van der Waals surface area contributed by atoms with Gasteiger partial charge in [-0.15, -0.1) is 0 Å². The first-order valence-electron chi connectivity index (χ1n) is 6.76. The molecule has 0 heterocycles. The van der Waals surface area contributed by atoms with Gasteiger partial charge < -0.3 is 5.32 Å². The third kappa shape index (κ3) is 3.70. The molecule has 0 aliphatic heterocycles. The number of halogens is 4. The van der Waals surface area contributed by atoms with Crippen molar-refractivity contribution in [2.45, 2.75) is 0 Å². The van der Waals surface area contributed by atoms with Crippen LogP contribution in [0.5, 0.6) is 0 Å². The average molecular weight is 340 g/mol. The van der Waals surface area contributed by atoms with Crippen molar-refractivity contribution in [1.82, 2.24) is 5.32 Å². The quantitative estimate of drug-likeness (QED) is 0.687. The van der Waals surface area contributed by atoms with Crippen LogP contribution in [0.25, 0.3) is 0 Å². The maximum Gasteiger partial charge on any atom is 0.258 e. The van der Waals surface area contributed by atoms with Crippen LogP contribution in [0.1, 0.15) is 10.4 Å². The predicted molar refractivity (Wildman–Crippen MR) is 78.5 cm³/mol. The van der Waals surface area contributed by atoms with Crippen LogP contribution < -0.4 is 10.2 Å². The van der Waals surface area contributed by atoms with Crippen LogP contribution in [0.4, 0.5) is 23.2 Å². The molecule has 4 nitrogen and oxygen atoms in total. The van der Waals surface area contributed by atoms with Gasteiger partial charge in [0.2, 0.25) is 5.91 Å². The fourth-order valence-corrected chi connectivity index (χ4v) is 1.98. The van der Waals surface area contributed by atoms with Crippen molar-refractivity contribution in [3.63, 3.8) is 0 Å². The molecule has 0 aliphatic rings. The molecule has 0 unspecified atom stereocenters. The van der Waals surface area contributed by atoms with Gasteiger partial charge in [0.15, 0.2) is 17.5 Å². The van der Waals surface area contributed by atoms with Crippen molar-refractivity contribution in [2.24, 2.45) is 0 Å². The summed E-state index contributed by atoms with van der Waals surface area (Å²) < 4.78 is 53.1. The second kappa shape index (κ2) is 7.12. The number of anilines is 1. The minimum atomic E-state index is -1.71. The fourth-order valence-electron chi connectivity index (χ4n) is 1.98. The molecule has 8 heteroatoms. The largest absolute Gasteiger partial charge is 0.358 e. The van der Waals surface area contributed by atoms with Crippen LogP contribution in [0.3, 0.4) is 0 Å². The predicted octanol–water partition coefficient (Wildman–Crippen LogP) is 2.64. The van der Waals surface area contributed by atoms with Gasteiger partial charge in [-0.05, 0) is 30.3 Å². The third-order valence-corrected chi connectivity index (χ3v) is 3.18. The minimum absolute atomic E-state index is 0.00809. The molecule has 0 aliphatic carbocycles. The highest BCUT2D eigenvalue weighted by Gasteiger charge is 2.23. The molecule has 0 aromatic heterocycles. The highest BCUT2D eigenvalue weighted by atomic mass is 19.2. The Balaban J connectivity index is 2.46. The molecule has 2 amide bonds. The van der Waals surface area contributed by atoms with E-state index >= 15 is 0 Å². The summed E-state index contributed by atoms with van der Waals surface area (Å²) in [5.74, 6) is -7.04. The number of amides is 2. The lowest BCUT2D eigenvalue weighted by molar-refractivity contribution is -0.119. The number of likely N-dealkylation sites (N-methyl/N-ethyl adjacent to an activating group) is 1. The molecular weight excluding hydrogens is 328 g/mol. The van der Waals surface area contributed by atoms with Crippen molar-refractivity contribution in [2.75, 3.05) is 18.5 Å². The molecule has 0 bridgehead atoms. The van der Waals surface area contributed by atoms with Crippen LogP contribution in [-0.4, -0.2) is 25.4 Å². The SMILES string of the molecule is CNC(=O)CN(C(=O)c1cc(F)c(F)c(F)c1)c1cccc(F)c1. The monoisotopic (exact) mass is 340 g/mol. The average Bonchev–Trinajstić information content (AvgIpc) is 2.56. The Bertz CT molecular complexity index is 772. The van der Waals surface area contributed by atoms with Crippen molar-refractivity contribution in [1.29, 1.82) is 0 Å². The van der Waals surface area contributed by atoms with Crippen molar-refractivity contribution < 1.29 is 27.2 Å². The topological polar surface area (TPSA) is 49.4 Å². The van der Waals surface area contributed by atoms with Crippen molar-refractivity contribution in [3.05, 3.63) is 65.2 Å².